The number of likely N-dealkylation sites (tertiary alicyclic amines) is 1. The van der Waals surface area contributed by atoms with Gasteiger partial charge in [-0.3, -0.25) is 14.3 Å². The van der Waals surface area contributed by atoms with E-state index in [2.05, 4.69) is 20.1 Å². The van der Waals surface area contributed by atoms with Crippen LogP contribution in [0.3, 0.4) is 0 Å². The van der Waals surface area contributed by atoms with Crippen LogP contribution in [0, 0.1) is 0 Å². The van der Waals surface area contributed by atoms with Gasteiger partial charge in [0.05, 0.1) is 19.2 Å². The third-order valence-electron chi connectivity index (χ3n) is 4.02. The van der Waals surface area contributed by atoms with Gasteiger partial charge in [-0.15, -0.1) is 0 Å². The molecule has 114 valence electrons. The number of aromatic nitrogens is 5. The second-order valence-electron chi connectivity index (χ2n) is 5.64. The summed E-state index contributed by atoms with van der Waals surface area (Å²) < 4.78 is 3.66. The zero-order valence-electron chi connectivity index (χ0n) is 12.1. The van der Waals surface area contributed by atoms with Gasteiger partial charge in [0.1, 0.15) is 12.7 Å². The van der Waals surface area contributed by atoms with Crippen molar-refractivity contribution >= 4 is 0 Å². The topological polar surface area (TPSA) is 72.0 Å². The summed E-state index contributed by atoms with van der Waals surface area (Å²) in [5.74, 6) is 0. The third kappa shape index (κ3) is 3.89. The molecule has 0 saturated carbocycles. The van der Waals surface area contributed by atoms with Gasteiger partial charge in [0, 0.05) is 25.0 Å². The second kappa shape index (κ2) is 6.82. The number of aliphatic hydroxyl groups excluding tert-OH is 1. The molecule has 21 heavy (non-hydrogen) atoms. The van der Waals surface area contributed by atoms with Crippen LogP contribution in [0.25, 0.3) is 0 Å². The molecule has 1 N–H and O–H groups in total. The summed E-state index contributed by atoms with van der Waals surface area (Å²) in [5.41, 5.74) is 0. The number of β-amino-alcohol motifs (C(OH)–C–C–N with tert-alkyl or cyclic N) is 1. The molecule has 0 bridgehead atoms. The Morgan fingerprint density at radius 3 is 2.90 bits per heavy atom. The smallest absolute Gasteiger partial charge is 0.137 e. The van der Waals surface area contributed by atoms with E-state index >= 15 is 0 Å². The van der Waals surface area contributed by atoms with Crippen molar-refractivity contribution in [3.63, 3.8) is 0 Å². The number of hydrogen-bond acceptors (Lipinski definition) is 5. The fourth-order valence-electron chi connectivity index (χ4n) is 3.00. The van der Waals surface area contributed by atoms with Crippen LogP contribution in [0.4, 0.5) is 0 Å². The average Bonchev–Trinajstić information content (AvgIpc) is 3.14. The predicted octanol–water partition coefficient (Wildman–Crippen LogP) is 0.390. The van der Waals surface area contributed by atoms with Crippen molar-refractivity contribution in [1.82, 2.24) is 29.4 Å². The van der Waals surface area contributed by atoms with E-state index < -0.39 is 6.10 Å². The maximum absolute atomic E-state index is 10.3. The highest BCUT2D eigenvalue weighted by molar-refractivity contribution is 4.82. The lowest BCUT2D eigenvalue weighted by Gasteiger charge is -2.36. The molecule has 1 saturated heterocycles. The van der Waals surface area contributed by atoms with E-state index in [1.807, 2.05) is 16.9 Å². The van der Waals surface area contributed by atoms with Crippen LogP contribution < -0.4 is 0 Å². The molecule has 0 aliphatic carbocycles. The van der Waals surface area contributed by atoms with E-state index in [9.17, 15) is 5.11 Å². The Morgan fingerprint density at radius 2 is 2.14 bits per heavy atom. The van der Waals surface area contributed by atoms with Gasteiger partial charge in [0.15, 0.2) is 0 Å². The van der Waals surface area contributed by atoms with Crippen molar-refractivity contribution < 1.29 is 5.11 Å². The fraction of sp³-hybridized carbons (Fsp3) is 0.643. The normalized spacial score (nSPS) is 21.5. The molecule has 7 nitrogen and oxygen atoms in total. The van der Waals surface area contributed by atoms with Gasteiger partial charge >= 0.3 is 0 Å². The van der Waals surface area contributed by atoms with Crippen LogP contribution in [0.2, 0.25) is 0 Å². The molecule has 7 heteroatoms. The Kier molecular flexibility index (Phi) is 4.62. The SMILES string of the molecule is O[C@@H](CN1CCCC[C@@H]1Cn1cncn1)Cn1cccn1. The van der Waals surface area contributed by atoms with E-state index in [4.69, 9.17) is 0 Å². The quantitative estimate of drug-likeness (QED) is 0.833. The maximum atomic E-state index is 10.3. The molecule has 0 spiro atoms. The molecule has 1 aliphatic rings. The zero-order valence-corrected chi connectivity index (χ0v) is 12.1. The summed E-state index contributed by atoms with van der Waals surface area (Å²) in [6.45, 7) is 3.10. The number of rotatable bonds is 6. The first-order valence-electron chi connectivity index (χ1n) is 7.53. The molecule has 1 fully saturated rings. The van der Waals surface area contributed by atoms with Crippen LogP contribution in [0.15, 0.2) is 31.1 Å². The van der Waals surface area contributed by atoms with Crippen LogP contribution in [-0.4, -0.2) is 59.8 Å². The Balaban J connectivity index is 1.56. The predicted molar refractivity (Wildman–Crippen MR) is 77.5 cm³/mol. The molecule has 2 atom stereocenters. The highest BCUT2D eigenvalue weighted by atomic mass is 16.3. The molecule has 1 aliphatic heterocycles. The highest BCUT2D eigenvalue weighted by Gasteiger charge is 2.25. The highest BCUT2D eigenvalue weighted by Crippen LogP contribution is 2.18. The van der Waals surface area contributed by atoms with Crippen molar-refractivity contribution in [3.05, 3.63) is 31.1 Å². The average molecular weight is 290 g/mol. The van der Waals surface area contributed by atoms with Gasteiger partial charge in [0.25, 0.3) is 0 Å². The summed E-state index contributed by atoms with van der Waals surface area (Å²) >= 11 is 0. The number of piperidine rings is 1. The van der Waals surface area contributed by atoms with Gasteiger partial charge in [-0.05, 0) is 25.5 Å². The molecule has 3 rings (SSSR count). The monoisotopic (exact) mass is 290 g/mol. The second-order valence-corrected chi connectivity index (χ2v) is 5.64. The largest absolute Gasteiger partial charge is 0.390 e. The minimum atomic E-state index is -0.402. The molecule has 2 aromatic heterocycles. The first-order chi connectivity index (χ1) is 10.3. The summed E-state index contributed by atoms with van der Waals surface area (Å²) in [6, 6.07) is 2.30. The summed E-state index contributed by atoms with van der Waals surface area (Å²) in [6.07, 6.45) is 10.1. The fourth-order valence-corrected chi connectivity index (χ4v) is 3.00. The van der Waals surface area contributed by atoms with E-state index in [-0.39, 0.29) is 0 Å². The van der Waals surface area contributed by atoms with Crippen LogP contribution in [0.5, 0.6) is 0 Å². The van der Waals surface area contributed by atoms with Crippen molar-refractivity contribution in [2.75, 3.05) is 13.1 Å². The van der Waals surface area contributed by atoms with Crippen molar-refractivity contribution in [1.29, 1.82) is 0 Å². The first-order valence-corrected chi connectivity index (χ1v) is 7.53. The van der Waals surface area contributed by atoms with Gasteiger partial charge in [0.2, 0.25) is 0 Å². The van der Waals surface area contributed by atoms with E-state index in [1.54, 1.807) is 23.5 Å². The van der Waals surface area contributed by atoms with E-state index in [0.717, 1.165) is 19.5 Å². The molecule has 0 radical (unpaired) electrons. The van der Waals surface area contributed by atoms with Gasteiger partial charge in [-0.25, -0.2) is 4.98 Å². The van der Waals surface area contributed by atoms with Crippen LogP contribution in [0.1, 0.15) is 19.3 Å². The third-order valence-corrected chi connectivity index (χ3v) is 4.02. The number of aliphatic hydroxyl groups is 1. The molecular formula is C14H22N6O. The Labute approximate surface area is 124 Å². The van der Waals surface area contributed by atoms with Crippen LogP contribution in [-0.2, 0) is 13.1 Å². The molecule has 0 unspecified atom stereocenters. The first kappa shape index (κ1) is 14.2. The molecule has 3 heterocycles. The molecule has 0 aromatic carbocycles. The lowest BCUT2D eigenvalue weighted by atomic mass is 10.0. The standard InChI is InChI=1S/C14H22N6O/c21-14(10-19-7-3-5-16-19)9-18-6-2-1-4-13(18)8-20-12-15-11-17-20/h3,5,7,11-14,21H,1-2,4,6,8-10H2/t13-,14+/m1/s1. The Morgan fingerprint density at radius 1 is 1.19 bits per heavy atom. The van der Waals surface area contributed by atoms with Crippen LogP contribution >= 0.6 is 0 Å². The van der Waals surface area contributed by atoms with Crippen molar-refractivity contribution in [2.24, 2.45) is 0 Å². The van der Waals surface area contributed by atoms with Gasteiger partial charge < -0.3 is 5.11 Å². The molecular weight excluding hydrogens is 268 g/mol. The van der Waals surface area contributed by atoms with Crippen molar-refractivity contribution in [2.45, 2.75) is 44.5 Å². The number of hydrogen-bond donors (Lipinski definition) is 1. The van der Waals surface area contributed by atoms with E-state index in [1.165, 1.54) is 12.8 Å². The summed E-state index contributed by atoms with van der Waals surface area (Å²) in [4.78, 5) is 6.37. The van der Waals surface area contributed by atoms with Crippen molar-refractivity contribution in [3.8, 4) is 0 Å². The lowest BCUT2D eigenvalue weighted by Crippen LogP contribution is -2.46. The van der Waals surface area contributed by atoms with Gasteiger partial charge in [-0.1, -0.05) is 6.42 Å². The minimum Gasteiger partial charge on any atom is -0.390 e. The summed E-state index contributed by atoms with van der Waals surface area (Å²) in [5, 5.41) is 18.6. The Bertz CT molecular complexity index is 512. The lowest BCUT2D eigenvalue weighted by molar-refractivity contribution is 0.0496. The number of nitrogens with zero attached hydrogens (tertiary/aromatic N) is 6. The minimum absolute atomic E-state index is 0.402. The van der Waals surface area contributed by atoms with E-state index in [0.29, 0.717) is 19.1 Å². The maximum Gasteiger partial charge on any atom is 0.137 e. The molecule has 2 aromatic rings. The Hall–Kier alpha value is -1.73. The zero-order chi connectivity index (χ0) is 14.5. The van der Waals surface area contributed by atoms with Gasteiger partial charge in [-0.2, -0.15) is 10.2 Å². The summed E-state index contributed by atoms with van der Waals surface area (Å²) in [7, 11) is 0. The molecule has 0 amide bonds.